The summed E-state index contributed by atoms with van der Waals surface area (Å²) in [5.74, 6) is 0. The van der Waals surface area contributed by atoms with Crippen LogP contribution in [-0.2, 0) is 0 Å². The maximum Gasteiger partial charge on any atom is 0.0592 e. The maximum atomic E-state index is 5.58. The number of nitrogens with one attached hydrogen (secondary N) is 1. The Morgan fingerprint density at radius 1 is 1.07 bits per heavy atom. The number of hydrogen-bond acceptors (Lipinski definition) is 2. The minimum absolute atomic E-state index is 0.606. The highest BCUT2D eigenvalue weighted by atomic mass is 35.5. The molecule has 0 bridgehead atoms. The summed E-state index contributed by atoms with van der Waals surface area (Å²) >= 11 is 11.2. The Hall–Kier alpha value is -0.280. The number of likely N-dealkylation sites (N-methyl/N-ethyl adjacent to an activating group) is 1. The van der Waals surface area contributed by atoms with Crippen LogP contribution in [0.15, 0.2) is 24.3 Å². The molecule has 2 nitrogen and oxygen atoms in total. The van der Waals surface area contributed by atoms with E-state index >= 15 is 0 Å². The first kappa shape index (κ1) is 12.8. The molecule has 1 heterocycles. The van der Waals surface area contributed by atoms with Crippen LogP contribution in [-0.4, -0.2) is 38.1 Å². The van der Waals surface area contributed by atoms with Gasteiger partial charge in [-0.2, -0.15) is 0 Å². The zero-order valence-corrected chi connectivity index (χ0v) is 10.4. The Bertz CT molecular complexity index is 265. The molecule has 0 amide bonds. The fraction of sp³-hybridized carbons (Fsp3) is 0.455. The maximum absolute atomic E-state index is 5.58. The van der Waals surface area contributed by atoms with Crippen molar-refractivity contribution in [2.24, 2.45) is 0 Å². The third-order valence-corrected chi connectivity index (χ3v) is 2.92. The van der Waals surface area contributed by atoms with Crippen LogP contribution in [0.3, 0.4) is 0 Å². The predicted octanol–water partition coefficient (Wildman–Crippen LogP) is 2.51. The summed E-state index contributed by atoms with van der Waals surface area (Å²) in [5, 5.41) is 4.48. The molecule has 1 aromatic rings. The molecule has 1 N–H and O–H groups in total. The highest BCUT2D eigenvalue weighted by molar-refractivity contribution is 6.41. The second-order valence-corrected chi connectivity index (χ2v) is 4.28. The number of benzene rings is 1. The molecule has 15 heavy (non-hydrogen) atoms. The van der Waals surface area contributed by atoms with Crippen molar-refractivity contribution in [3.63, 3.8) is 0 Å². The molecule has 4 heteroatoms. The van der Waals surface area contributed by atoms with Gasteiger partial charge in [0.05, 0.1) is 10.0 Å². The van der Waals surface area contributed by atoms with Crippen molar-refractivity contribution >= 4 is 23.2 Å². The summed E-state index contributed by atoms with van der Waals surface area (Å²) in [6.07, 6.45) is 0. The highest BCUT2D eigenvalue weighted by Crippen LogP contribution is 2.19. The molecule has 1 saturated heterocycles. The van der Waals surface area contributed by atoms with Gasteiger partial charge in [0.1, 0.15) is 0 Å². The SMILES string of the molecule is CN1CCNCC1.Clc1ccccc1Cl. The van der Waals surface area contributed by atoms with E-state index in [1.807, 2.05) is 12.1 Å². The third-order valence-electron chi connectivity index (χ3n) is 2.16. The van der Waals surface area contributed by atoms with Gasteiger partial charge in [0, 0.05) is 26.2 Å². The zero-order valence-electron chi connectivity index (χ0n) is 8.84. The molecule has 1 aliphatic heterocycles. The Morgan fingerprint density at radius 2 is 1.53 bits per heavy atom. The second-order valence-electron chi connectivity index (χ2n) is 3.47. The molecule has 84 valence electrons. The lowest BCUT2D eigenvalue weighted by atomic mass is 10.4. The van der Waals surface area contributed by atoms with Gasteiger partial charge in [0.2, 0.25) is 0 Å². The molecule has 1 aromatic carbocycles. The van der Waals surface area contributed by atoms with Gasteiger partial charge in [0.25, 0.3) is 0 Å². The molecule has 1 fully saturated rings. The molecule has 0 saturated carbocycles. The first-order valence-electron chi connectivity index (χ1n) is 4.99. The van der Waals surface area contributed by atoms with Crippen LogP contribution in [0.2, 0.25) is 10.0 Å². The van der Waals surface area contributed by atoms with Crippen molar-refractivity contribution in [2.45, 2.75) is 0 Å². The van der Waals surface area contributed by atoms with E-state index in [2.05, 4.69) is 17.3 Å². The van der Waals surface area contributed by atoms with Crippen LogP contribution < -0.4 is 5.32 Å². The standard InChI is InChI=1S/C6H4Cl2.C5H12N2/c7-5-3-1-2-4-6(5)8;1-7-4-2-6-3-5-7/h1-4H;6H,2-5H2,1H3. The number of piperazine rings is 1. The van der Waals surface area contributed by atoms with E-state index in [-0.39, 0.29) is 0 Å². The van der Waals surface area contributed by atoms with E-state index in [1.54, 1.807) is 12.1 Å². The molecular formula is C11H16Cl2N2. The lowest BCUT2D eigenvalue weighted by Crippen LogP contribution is -2.40. The van der Waals surface area contributed by atoms with Crippen LogP contribution in [0.4, 0.5) is 0 Å². The fourth-order valence-corrected chi connectivity index (χ4v) is 1.49. The number of halogens is 2. The molecule has 0 radical (unpaired) electrons. The summed E-state index contributed by atoms with van der Waals surface area (Å²) < 4.78 is 0. The summed E-state index contributed by atoms with van der Waals surface area (Å²) in [6, 6.07) is 7.19. The highest BCUT2D eigenvalue weighted by Gasteiger charge is 2.01. The lowest BCUT2D eigenvalue weighted by Gasteiger charge is -2.21. The monoisotopic (exact) mass is 246 g/mol. The van der Waals surface area contributed by atoms with E-state index in [0.717, 1.165) is 13.1 Å². The van der Waals surface area contributed by atoms with Crippen molar-refractivity contribution in [1.82, 2.24) is 10.2 Å². The molecule has 1 aliphatic rings. The van der Waals surface area contributed by atoms with Gasteiger partial charge in [-0.15, -0.1) is 0 Å². The molecule has 0 spiro atoms. The van der Waals surface area contributed by atoms with E-state index in [9.17, 15) is 0 Å². The Morgan fingerprint density at radius 3 is 1.80 bits per heavy atom. The first-order valence-corrected chi connectivity index (χ1v) is 5.75. The molecular weight excluding hydrogens is 231 g/mol. The van der Waals surface area contributed by atoms with E-state index < -0.39 is 0 Å². The average molecular weight is 247 g/mol. The first-order chi connectivity index (χ1) is 7.20. The van der Waals surface area contributed by atoms with Gasteiger partial charge in [-0.1, -0.05) is 35.3 Å². The average Bonchev–Trinajstić information content (AvgIpc) is 2.25. The zero-order chi connectivity index (χ0) is 11.1. The Balaban J connectivity index is 0.000000151. The summed E-state index contributed by atoms with van der Waals surface area (Å²) in [4.78, 5) is 2.33. The molecule has 0 aliphatic carbocycles. The minimum Gasteiger partial charge on any atom is -0.314 e. The minimum atomic E-state index is 0.606. The van der Waals surface area contributed by atoms with Gasteiger partial charge in [-0.3, -0.25) is 0 Å². The molecule has 0 unspecified atom stereocenters. The van der Waals surface area contributed by atoms with Gasteiger partial charge in [-0.05, 0) is 19.2 Å². The topological polar surface area (TPSA) is 15.3 Å². The van der Waals surface area contributed by atoms with E-state index in [4.69, 9.17) is 23.2 Å². The van der Waals surface area contributed by atoms with Crippen LogP contribution >= 0.6 is 23.2 Å². The van der Waals surface area contributed by atoms with E-state index in [0.29, 0.717) is 10.0 Å². The van der Waals surface area contributed by atoms with Gasteiger partial charge < -0.3 is 10.2 Å². The second kappa shape index (κ2) is 7.07. The van der Waals surface area contributed by atoms with Crippen molar-refractivity contribution in [3.8, 4) is 0 Å². The van der Waals surface area contributed by atoms with Crippen LogP contribution in [0.5, 0.6) is 0 Å². The number of nitrogens with zero attached hydrogens (tertiary/aromatic N) is 1. The summed E-state index contributed by atoms with van der Waals surface area (Å²) in [6.45, 7) is 4.74. The lowest BCUT2D eigenvalue weighted by molar-refractivity contribution is 0.291. The predicted molar refractivity (Wildman–Crippen MR) is 66.8 cm³/mol. The fourth-order valence-electron chi connectivity index (χ4n) is 1.22. The van der Waals surface area contributed by atoms with Crippen LogP contribution in [0.1, 0.15) is 0 Å². The van der Waals surface area contributed by atoms with Crippen LogP contribution in [0, 0.1) is 0 Å². The molecule has 0 aromatic heterocycles. The van der Waals surface area contributed by atoms with Crippen molar-refractivity contribution < 1.29 is 0 Å². The van der Waals surface area contributed by atoms with Gasteiger partial charge in [-0.25, -0.2) is 0 Å². The quantitative estimate of drug-likeness (QED) is 0.757. The van der Waals surface area contributed by atoms with Crippen LogP contribution in [0.25, 0.3) is 0 Å². The van der Waals surface area contributed by atoms with Gasteiger partial charge >= 0.3 is 0 Å². The summed E-state index contributed by atoms with van der Waals surface area (Å²) in [5.41, 5.74) is 0. The molecule has 2 rings (SSSR count). The largest absolute Gasteiger partial charge is 0.314 e. The van der Waals surface area contributed by atoms with Gasteiger partial charge in [0.15, 0.2) is 0 Å². The molecule has 0 atom stereocenters. The van der Waals surface area contributed by atoms with Crippen molar-refractivity contribution in [1.29, 1.82) is 0 Å². The smallest absolute Gasteiger partial charge is 0.0592 e. The van der Waals surface area contributed by atoms with Crippen molar-refractivity contribution in [3.05, 3.63) is 34.3 Å². The number of rotatable bonds is 0. The Kier molecular flexibility index (Phi) is 6.03. The third kappa shape index (κ3) is 5.38. The van der Waals surface area contributed by atoms with E-state index in [1.165, 1.54) is 13.1 Å². The number of hydrogen-bond donors (Lipinski definition) is 1. The van der Waals surface area contributed by atoms with Crippen molar-refractivity contribution in [2.75, 3.05) is 33.2 Å². The summed E-state index contributed by atoms with van der Waals surface area (Å²) in [7, 11) is 2.15. The Labute approximate surface area is 101 Å². The normalized spacial score (nSPS) is 16.7.